The summed E-state index contributed by atoms with van der Waals surface area (Å²) < 4.78 is 38.8. The molecule has 2 aromatic carbocycles. The summed E-state index contributed by atoms with van der Waals surface area (Å²) in [5.41, 5.74) is 4.49. The number of nitrogens with two attached hydrogens (primary N) is 1. The van der Waals surface area contributed by atoms with E-state index in [9.17, 15) is 27.6 Å². The van der Waals surface area contributed by atoms with Crippen LogP contribution in [-0.4, -0.2) is 23.4 Å². The molecule has 0 fully saturated rings. The van der Waals surface area contributed by atoms with Crippen LogP contribution < -0.4 is 16.1 Å². The number of carbonyl (C=O) groups excluding carboxylic acids is 3. The first-order chi connectivity index (χ1) is 13.6. The van der Waals surface area contributed by atoms with Crippen molar-refractivity contribution in [2.45, 2.75) is 6.18 Å². The van der Waals surface area contributed by atoms with Crippen LogP contribution >= 0.6 is 11.6 Å². The van der Waals surface area contributed by atoms with E-state index in [1.165, 1.54) is 0 Å². The van der Waals surface area contributed by atoms with Crippen LogP contribution in [0, 0.1) is 5.92 Å². The van der Waals surface area contributed by atoms with Crippen molar-refractivity contribution in [1.29, 1.82) is 0 Å². The highest BCUT2D eigenvalue weighted by Gasteiger charge is 2.43. The minimum Gasteiger partial charge on any atom is -0.385 e. The van der Waals surface area contributed by atoms with Gasteiger partial charge >= 0.3 is 6.18 Å². The number of amidine groups is 1. The van der Waals surface area contributed by atoms with Gasteiger partial charge in [0.25, 0.3) is 11.8 Å². The molecule has 0 bridgehead atoms. The molecule has 2 amide bonds. The fourth-order valence-electron chi connectivity index (χ4n) is 2.62. The third kappa shape index (κ3) is 4.06. The topological polar surface area (TPSA) is 105 Å². The summed E-state index contributed by atoms with van der Waals surface area (Å²) in [7, 11) is 0. The van der Waals surface area contributed by atoms with Crippen LogP contribution in [0.3, 0.4) is 0 Å². The third-order valence-electron chi connectivity index (χ3n) is 3.98. The number of hydrogen-bond donors (Lipinski definition) is 2. The first-order valence-corrected chi connectivity index (χ1v) is 8.42. The van der Waals surface area contributed by atoms with Gasteiger partial charge in [-0.05, 0) is 30.3 Å². The molecule has 0 spiro atoms. The zero-order valence-corrected chi connectivity index (χ0v) is 15.2. The predicted molar refractivity (Wildman–Crippen MR) is 99.1 cm³/mol. The number of para-hydroxylation sites is 1. The fourth-order valence-corrected chi connectivity index (χ4v) is 2.84. The van der Waals surface area contributed by atoms with Crippen molar-refractivity contribution in [2.24, 2.45) is 16.8 Å². The maximum Gasteiger partial charge on any atom is 0.417 e. The molecule has 11 heteroatoms. The maximum absolute atomic E-state index is 12.9. The third-order valence-corrected chi connectivity index (χ3v) is 4.31. The van der Waals surface area contributed by atoms with Crippen molar-refractivity contribution in [3.8, 4) is 0 Å². The molecule has 3 N–H and O–H groups in total. The molecule has 0 aliphatic carbocycles. The standard InChI is InChI=1S/C18H12ClF3N4O3/c19-12-7-6-9(8-11(12)18(20,21)22)24-16(28)14(27)13-15(23)25-26(17(13)29)10-4-2-1-3-5-10/h1-8,13H,(H2,23,25)(H,24,28)/t13-/m1/s1. The van der Waals surface area contributed by atoms with Gasteiger partial charge in [-0.1, -0.05) is 29.8 Å². The summed E-state index contributed by atoms with van der Waals surface area (Å²) in [6, 6.07) is 10.7. The number of carbonyl (C=O) groups is 3. The van der Waals surface area contributed by atoms with Crippen LogP contribution in [0.4, 0.5) is 24.5 Å². The maximum atomic E-state index is 12.9. The Kier molecular flexibility index (Phi) is 5.29. The molecule has 2 aromatic rings. The van der Waals surface area contributed by atoms with E-state index in [2.05, 4.69) is 5.10 Å². The summed E-state index contributed by atoms with van der Waals surface area (Å²) in [4.78, 5) is 37.2. The molecular formula is C18H12ClF3N4O3. The van der Waals surface area contributed by atoms with Crippen molar-refractivity contribution in [3.63, 3.8) is 0 Å². The number of nitrogens with one attached hydrogen (secondary N) is 1. The number of amides is 2. The number of rotatable bonds is 4. The number of nitrogens with zero attached hydrogens (tertiary/aromatic N) is 2. The first-order valence-electron chi connectivity index (χ1n) is 8.04. The van der Waals surface area contributed by atoms with E-state index in [0.717, 1.165) is 17.1 Å². The normalized spacial score (nSPS) is 16.6. The second kappa shape index (κ2) is 7.55. The Balaban J connectivity index is 1.78. The Labute approximate surface area is 166 Å². The molecule has 3 rings (SSSR count). The number of alkyl halides is 3. The summed E-state index contributed by atoms with van der Waals surface area (Å²) in [5, 5.41) is 6.14. The molecule has 1 aliphatic rings. The van der Waals surface area contributed by atoms with Gasteiger partial charge in [0, 0.05) is 5.69 Å². The Morgan fingerprint density at radius 2 is 1.79 bits per heavy atom. The number of hydrogen-bond acceptors (Lipinski definition) is 5. The van der Waals surface area contributed by atoms with E-state index in [1.54, 1.807) is 30.3 Å². The van der Waals surface area contributed by atoms with E-state index in [0.29, 0.717) is 11.8 Å². The van der Waals surface area contributed by atoms with Gasteiger partial charge < -0.3 is 11.1 Å². The highest BCUT2D eigenvalue weighted by Crippen LogP contribution is 2.36. The molecule has 150 valence electrons. The molecule has 29 heavy (non-hydrogen) atoms. The fraction of sp³-hybridized carbons (Fsp3) is 0.111. The Bertz CT molecular complexity index is 1020. The zero-order chi connectivity index (χ0) is 21.3. The lowest BCUT2D eigenvalue weighted by Crippen LogP contribution is -2.41. The van der Waals surface area contributed by atoms with Crippen molar-refractivity contribution in [1.82, 2.24) is 0 Å². The lowest BCUT2D eigenvalue weighted by atomic mass is 10.0. The number of hydrazone groups is 1. The molecule has 0 saturated carbocycles. The van der Waals surface area contributed by atoms with Crippen LogP contribution in [-0.2, 0) is 20.6 Å². The predicted octanol–water partition coefficient (Wildman–Crippen LogP) is 2.80. The molecule has 0 aromatic heterocycles. The van der Waals surface area contributed by atoms with Crippen LogP contribution in [0.15, 0.2) is 53.6 Å². The van der Waals surface area contributed by atoms with Crippen molar-refractivity contribution >= 4 is 46.4 Å². The lowest BCUT2D eigenvalue weighted by Gasteiger charge is -2.14. The highest BCUT2D eigenvalue weighted by atomic mass is 35.5. The van der Waals surface area contributed by atoms with Crippen LogP contribution in [0.5, 0.6) is 0 Å². The monoisotopic (exact) mass is 424 g/mol. The second-order valence-corrected chi connectivity index (χ2v) is 6.36. The SMILES string of the molecule is NC1=NN(c2ccccc2)C(=O)[C@@H]1C(=O)C(=O)Nc1ccc(Cl)c(C(F)(F)F)c1. The molecule has 0 radical (unpaired) electrons. The summed E-state index contributed by atoms with van der Waals surface area (Å²) in [6.07, 6.45) is -4.75. The van der Waals surface area contributed by atoms with E-state index in [1.807, 2.05) is 5.32 Å². The van der Waals surface area contributed by atoms with Gasteiger partial charge in [-0.25, -0.2) is 0 Å². The van der Waals surface area contributed by atoms with E-state index >= 15 is 0 Å². The molecular weight excluding hydrogens is 413 g/mol. The first kappa shape index (κ1) is 20.3. The number of anilines is 2. The van der Waals surface area contributed by atoms with Crippen molar-refractivity contribution in [3.05, 3.63) is 59.1 Å². The van der Waals surface area contributed by atoms with Crippen LogP contribution in [0.25, 0.3) is 0 Å². The van der Waals surface area contributed by atoms with E-state index in [4.69, 9.17) is 17.3 Å². The average Bonchev–Trinajstić information content (AvgIpc) is 2.96. The van der Waals surface area contributed by atoms with Gasteiger partial charge in [-0.3, -0.25) is 14.4 Å². The summed E-state index contributed by atoms with van der Waals surface area (Å²) >= 11 is 5.51. The quantitative estimate of drug-likeness (QED) is 0.581. The van der Waals surface area contributed by atoms with Gasteiger partial charge in [-0.2, -0.15) is 23.3 Å². The lowest BCUT2D eigenvalue weighted by molar-refractivity contribution is -0.138. The van der Waals surface area contributed by atoms with Gasteiger partial charge in [0.1, 0.15) is 5.84 Å². The molecule has 0 unspecified atom stereocenters. The number of halogens is 4. The van der Waals surface area contributed by atoms with Crippen LogP contribution in [0.1, 0.15) is 5.56 Å². The molecule has 7 nitrogen and oxygen atoms in total. The zero-order valence-electron chi connectivity index (χ0n) is 14.4. The van der Waals surface area contributed by atoms with Gasteiger partial charge in [0.05, 0.1) is 16.3 Å². The molecule has 1 heterocycles. The number of ketones is 1. The van der Waals surface area contributed by atoms with Gasteiger partial charge in [-0.15, -0.1) is 0 Å². The number of Topliss-reactive ketones (excluding diaryl/α,β-unsaturated/α-hetero) is 1. The summed E-state index contributed by atoms with van der Waals surface area (Å²) in [6.45, 7) is 0. The Morgan fingerprint density at radius 1 is 1.14 bits per heavy atom. The van der Waals surface area contributed by atoms with Crippen LogP contribution in [0.2, 0.25) is 5.02 Å². The second-order valence-electron chi connectivity index (χ2n) is 5.95. The molecule has 0 saturated heterocycles. The molecule has 1 aliphatic heterocycles. The van der Waals surface area contributed by atoms with E-state index < -0.39 is 46.1 Å². The average molecular weight is 425 g/mol. The Hall–Kier alpha value is -3.40. The minimum absolute atomic E-state index is 0.319. The van der Waals surface area contributed by atoms with E-state index in [-0.39, 0.29) is 5.69 Å². The van der Waals surface area contributed by atoms with Gasteiger partial charge in [0.15, 0.2) is 5.92 Å². The number of benzene rings is 2. The van der Waals surface area contributed by atoms with Crippen molar-refractivity contribution in [2.75, 3.05) is 10.3 Å². The highest BCUT2D eigenvalue weighted by molar-refractivity contribution is 6.50. The summed E-state index contributed by atoms with van der Waals surface area (Å²) in [5.74, 6) is -5.48. The minimum atomic E-state index is -4.75. The largest absolute Gasteiger partial charge is 0.417 e. The molecule has 1 atom stereocenters. The smallest absolute Gasteiger partial charge is 0.385 e. The van der Waals surface area contributed by atoms with Crippen molar-refractivity contribution < 1.29 is 27.6 Å². The van der Waals surface area contributed by atoms with Gasteiger partial charge in [0.2, 0.25) is 5.78 Å². The Morgan fingerprint density at radius 3 is 2.41 bits per heavy atom.